The van der Waals surface area contributed by atoms with E-state index in [1.54, 1.807) is 0 Å². The molecule has 5 heteroatoms. The van der Waals surface area contributed by atoms with Gasteiger partial charge in [-0.15, -0.1) is 0 Å². The fraction of sp³-hybridized carbons (Fsp3) is 0.923. The lowest BCUT2D eigenvalue weighted by Gasteiger charge is -2.30. The van der Waals surface area contributed by atoms with E-state index < -0.39 is 8.07 Å². The van der Waals surface area contributed by atoms with Crippen LogP contribution in [-0.4, -0.2) is 39.4 Å². The van der Waals surface area contributed by atoms with Gasteiger partial charge in [0.1, 0.15) is 0 Å². The molecule has 2 atom stereocenters. The van der Waals surface area contributed by atoms with Crippen molar-refractivity contribution in [2.24, 2.45) is 0 Å². The molecule has 1 rings (SSSR count). The molecule has 0 aromatic heterocycles. The molecule has 0 radical (unpaired) electrons. The average Bonchev–Trinajstić information content (AvgIpc) is 2.27. The minimum Gasteiger partial charge on any atom is -0.450 e. The monoisotopic (exact) mass is 272 g/mol. The first-order chi connectivity index (χ1) is 8.40. The summed E-state index contributed by atoms with van der Waals surface area (Å²) in [6.45, 7) is 10.6. The number of piperidine rings is 1. The Hall–Kier alpha value is -0.553. The van der Waals surface area contributed by atoms with Gasteiger partial charge in [-0.1, -0.05) is 26.6 Å². The molecule has 1 saturated heterocycles. The highest BCUT2D eigenvalue weighted by Crippen LogP contribution is 2.12. The van der Waals surface area contributed by atoms with E-state index in [0.717, 1.165) is 31.9 Å². The Kier molecular flexibility index (Phi) is 6.15. The Bertz CT molecular complexity index is 266. The van der Waals surface area contributed by atoms with Crippen LogP contribution in [0.25, 0.3) is 0 Å². The van der Waals surface area contributed by atoms with Gasteiger partial charge in [0.15, 0.2) is 0 Å². The third kappa shape index (κ3) is 6.40. The van der Waals surface area contributed by atoms with Crippen molar-refractivity contribution in [3.05, 3.63) is 0 Å². The first-order valence-corrected chi connectivity index (χ1v) is 10.8. The highest BCUT2D eigenvalue weighted by Gasteiger charge is 2.22. The van der Waals surface area contributed by atoms with Crippen molar-refractivity contribution in [3.8, 4) is 0 Å². The van der Waals surface area contributed by atoms with E-state index in [4.69, 9.17) is 4.74 Å². The second-order valence-corrected chi connectivity index (χ2v) is 12.0. The molecular formula is C13H28N2O2Si. The average molecular weight is 272 g/mol. The van der Waals surface area contributed by atoms with Gasteiger partial charge in [-0.3, -0.25) is 0 Å². The fourth-order valence-corrected chi connectivity index (χ4v) is 2.82. The van der Waals surface area contributed by atoms with Gasteiger partial charge in [-0.2, -0.15) is 0 Å². The van der Waals surface area contributed by atoms with Gasteiger partial charge in [0.2, 0.25) is 0 Å². The van der Waals surface area contributed by atoms with Crippen LogP contribution in [0, 0.1) is 0 Å². The largest absolute Gasteiger partial charge is 0.450 e. The van der Waals surface area contributed by atoms with Crippen molar-refractivity contribution < 1.29 is 9.53 Å². The topological polar surface area (TPSA) is 50.4 Å². The van der Waals surface area contributed by atoms with Crippen molar-refractivity contribution >= 4 is 14.2 Å². The Morgan fingerprint density at radius 2 is 2.17 bits per heavy atom. The Balaban J connectivity index is 2.19. The van der Waals surface area contributed by atoms with Crippen LogP contribution in [0.2, 0.25) is 25.7 Å². The normalized spacial score (nSPS) is 24.7. The van der Waals surface area contributed by atoms with Crippen molar-refractivity contribution in [1.29, 1.82) is 0 Å². The molecule has 0 aromatic carbocycles. The number of hydrogen-bond donors (Lipinski definition) is 2. The molecule has 0 saturated carbocycles. The third-order valence-electron chi connectivity index (χ3n) is 3.39. The lowest BCUT2D eigenvalue weighted by molar-refractivity contribution is 0.143. The standard InChI is InChI=1S/C13H28N2O2Si/c1-5-11-10-12(6-7-14-11)15-13(16)17-8-9-18(2,3)4/h11-12,14H,5-10H2,1-4H3,(H,15,16)/t11-,12-/m0/s1. The minimum absolute atomic E-state index is 0.241. The zero-order chi connectivity index (χ0) is 13.6. The highest BCUT2D eigenvalue weighted by molar-refractivity contribution is 6.76. The molecule has 0 unspecified atom stereocenters. The quantitative estimate of drug-likeness (QED) is 0.756. The van der Waals surface area contributed by atoms with E-state index in [2.05, 4.69) is 37.2 Å². The van der Waals surface area contributed by atoms with Crippen molar-refractivity contribution in [3.63, 3.8) is 0 Å². The van der Waals surface area contributed by atoms with Crippen molar-refractivity contribution in [2.45, 2.75) is 64.0 Å². The molecule has 18 heavy (non-hydrogen) atoms. The zero-order valence-electron chi connectivity index (χ0n) is 12.2. The molecule has 106 valence electrons. The van der Waals surface area contributed by atoms with Gasteiger partial charge in [-0.25, -0.2) is 4.79 Å². The summed E-state index contributed by atoms with van der Waals surface area (Å²) < 4.78 is 5.25. The summed E-state index contributed by atoms with van der Waals surface area (Å²) in [4.78, 5) is 11.7. The minimum atomic E-state index is -1.11. The molecule has 1 fully saturated rings. The van der Waals surface area contributed by atoms with Crippen molar-refractivity contribution in [1.82, 2.24) is 10.6 Å². The van der Waals surface area contributed by atoms with E-state index in [1.165, 1.54) is 0 Å². The van der Waals surface area contributed by atoms with E-state index in [9.17, 15) is 4.79 Å². The van der Waals surface area contributed by atoms with Gasteiger partial charge in [0.25, 0.3) is 0 Å². The third-order valence-corrected chi connectivity index (χ3v) is 5.10. The number of amides is 1. The molecular weight excluding hydrogens is 244 g/mol. The molecule has 1 heterocycles. The van der Waals surface area contributed by atoms with Gasteiger partial charge in [-0.05, 0) is 31.9 Å². The first kappa shape index (κ1) is 15.5. The highest BCUT2D eigenvalue weighted by atomic mass is 28.3. The van der Waals surface area contributed by atoms with Crippen LogP contribution >= 0.6 is 0 Å². The Morgan fingerprint density at radius 1 is 1.44 bits per heavy atom. The summed E-state index contributed by atoms with van der Waals surface area (Å²) >= 11 is 0. The summed E-state index contributed by atoms with van der Waals surface area (Å²) in [6.07, 6.45) is 2.89. The lowest BCUT2D eigenvalue weighted by Crippen LogP contribution is -2.47. The van der Waals surface area contributed by atoms with Crippen LogP contribution in [0.4, 0.5) is 4.79 Å². The Labute approximate surface area is 112 Å². The van der Waals surface area contributed by atoms with Crippen LogP contribution in [-0.2, 0) is 4.74 Å². The maximum absolute atomic E-state index is 11.7. The molecule has 1 aliphatic heterocycles. The number of ether oxygens (including phenoxy) is 1. The van der Waals surface area contributed by atoms with E-state index in [1.807, 2.05) is 0 Å². The molecule has 0 spiro atoms. The van der Waals surface area contributed by atoms with Crippen LogP contribution in [0.1, 0.15) is 26.2 Å². The Morgan fingerprint density at radius 3 is 2.78 bits per heavy atom. The predicted octanol–water partition coefficient (Wildman–Crippen LogP) is 2.58. The summed E-state index contributed by atoms with van der Waals surface area (Å²) in [5.74, 6) is 0. The van der Waals surface area contributed by atoms with Crippen LogP contribution < -0.4 is 10.6 Å². The fourth-order valence-electron chi connectivity index (χ4n) is 2.11. The van der Waals surface area contributed by atoms with Crippen molar-refractivity contribution in [2.75, 3.05) is 13.2 Å². The number of rotatable bonds is 5. The molecule has 0 bridgehead atoms. The smallest absolute Gasteiger partial charge is 0.407 e. The van der Waals surface area contributed by atoms with Gasteiger partial charge < -0.3 is 15.4 Å². The second-order valence-electron chi connectivity index (χ2n) is 6.37. The molecule has 0 aromatic rings. The lowest BCUT2D eigenvalue weighted by atomic mass is 9.98. The van der Waals surface area contributed by atoms with Gasteiger partial charge in [0.05, 0.1) is 6.61 Å². The van der Waals surface area contributed by atoms with Gasteiger partial charge in [0, 0.05) is 20.2 Å². The predicted molar refractivity (Wildman–Crippen MR) is 77.7 cm³/mol. The van der Waals surface area contributed by atoms with Crippen LogP contribution in [0.15, 0.2) is 0 Å². The van der Waals surface area contributed by atoms with E-state index in [0.29, 0.717) is 12.6 Å². The maximum Gasteiger partial charge on any atom is 0.407 e. The number of carbonyl (C=O) groups excluding carboxylic acids is 1. The summed E-state index contributed by atoms with van der Waals surface area (Å²) in [6, 6.07) is 1.84. The van der Waals surface area contributed by atoms with E-state index in [-0.39, 0.29) is 12.1 Å². The summed E-state index contributed by atoms with van der Waals surface area (Å²) in [5.41, 5.74) is 0. The summed E-state index contributed by atoms with van der Waals surface area (Å²) in [7, 11) is -1.11. The second kappa shape index (κ2) is 7.14. The molecule has 0 aliphatic carbocycles. The molecule has 2 N–H and O–H groups in total. The molecule has 1 amide bonds. The first-order valence-electron chi connectivity index (χ1n) is 7.07. The van der Waals surface area contributed by atoms with Gasteiger partial charge >= 0.3 is 6.09 Å². The molecule has 1 aliphatic rings. The maximum atomic E-state index is 11.7. The number of alkyl carbamates (subject to hydrolysis) is 1. The van der Waals surface area contributed by atoms with Crippen LogP contribution in [0.3, 0.4) is 0 Å². The SMILES string of the molecule is CC[C@H]1C[C@@H](NC(=O)OCC[Si](C)(C)C)CCN1. The summed E-state index contributed by atoms with van der Waals surface area (Å²) in [5, 5.41) is 6.43. The zero-order valence-corrected chi connectivity index (χ0v) is 13.2. The van der Waals surface area contributed by atoms with Crippen LogP contribution in [0.5, 0.6) is 0 Å². The van der Waals surface area contributed by atoms with E-state index >= 15 is 0 Å². The number of nitrogens with one attached hydrogen (secondary N) is 2. The number of hydrogen-bond acceptors (Lipinski definition) is 3. The number of carbonyl (C=O) groups is 1. The molecule has 4 nitrogen and oxygen atoms in total.